The summed E-state index contributed by atoms with van der Waals surface area (Å²) in [5, 5.41) is 6.18. The van der Waals surface area contributed by atoms with E-state index in [1.54, 1.807) is 24.3 Å². The summed E-state index contributed by atoms with van der Waals surface area (Å²) in [5.41, 5.74) is 2.63. The molecule has 0 atom stereocenters. The maximum atomic E-state index is 12.4. The Balaban J connectivity index is 1.41. The molecule has 7 nitrogen and oxygen atoms in total. The normalized spacial score (nSPS) is 13.2. The summed E-state index contributed by atoms with van der Waals surface area (Å²) in [5.74, 6) is 2.18. The number of rotatable bonds is 6. The van der Waals surface area contributed by atoms with Gasteiger partial charge in [-0.2, -0.15) is 0 Å². The molecule has 2 heterocycles. The highest BCUT2D eigenvalue weighted by Gasteiger charge is 2.15. The van der Waals surface area contributed by atoms with Gasteiger partial charge in [0.2, 0.25) is 0 Å². The molecule has 158 valence electrons. The van der Waals surface area contributed by atoms with Gasteiger partial charge in [-0.25, -0.2) is 9.97 Å². The molecule has 0 saturated carbocycles. The molecule has 3 aromatic rings. The predicted molar refractivity (Wildman–Crippen MR) is 122 cm³/mol. The van der Waals surface area contributed by atoms with Gasteiger partial charge in [0.25, 0.3) is 5.91 Å². The number of hydrogen-bond donors (Lipinski definition) is 2. The Hall–Kier alpha value is -3.74. The van der Waals surface area contributed by atoms with Crippen molar-refractivity contribution in [3.05, 3.63) is 71.5 Å². The first kappa shape index (κ1) is 20.5. The van der Waals surface area contributed by atoms with Crippen molar-refractivity contribution in [3.8, 4) is 0 Å². The van der Waals surface area contributed by atoms with Crippen molar-refractivity contribution in [3.63, 3.8) is 0 Å². The summed E-state index contributed by atoms with van der Waals surface area (Å²) >= 11 is 0. The monoisotopic (exact) mass is 415 g/mol. The molecule has 1 aliphatic rings. The Morgan fingerprint density at radius 3 is 2.13 bits per heavy atom. The van der Waals surface area contributed by atoms with E-state index in [4.69, 9.17) is 0 Å². The Morgan fingerprint density at radius 2 is 1.48 bits per heavy atom. The van der Waals surface area contributed by atoms with E-state index in [1.165, 1.54) is 19.8 Å². The van der Waals surface area contributed by atoms with Crippen LogP contribution in [0.2, 0.25) is 0 Å². The van der Waals surface area contributed by atoms with Crippen LogP contribution in [-0.2, 0) is 0 Å². The van der Waals surface area contributed by atoms with Gasteiger partial charge in [-0.05, 0) is 63.1 Å². The van der Waals surface area contributed by atoms with Gasteiger partial charge in [0.1, 0.15) is 17.5 Å². The van der Waals surface area contributed by atoms with Gasteiger partial charge < -0.3 is 15.5 Å². The average Bonchev–Trinajstić information content (AvgIpc) is 3.30. The molecule has 1 amide bonds. The second-order valence-corrected chi connectivity index (χ2v) is 7.64. The summed E-state index contributed by atoms with van der Waals surface area (Å²) in [6, 6.07) is 16.0. The number of hydrogen-bond acceptors (Lipinski definition) is 6. The minimum Gasteiger partial charge on any atom is -0.356 e. The first-order valence-electron chi connectivity index (χ1n) is 10.4. The number of carbonyl (C=O) groups is 2. The van der Waals surface area contributed by atoms with Crippen LogP contribution in [0.15, 0.2) is 54.6 Å². The zero-order valence-electron chi connectivity index (χ0n) is 17.7. The van der Waals surface area contributed by atoms with Crippen molar-refractivity contribution < 1.29 is 9.59 Å². The van der Waals surface area contributed by atoms with Crippen LogP contribution in [0.1, 0.15) is 46.3 Å². The number of ketones is 1. The van der Waals surface area contributed by atoms with E-state index in [9.17, 15) is 9.59 Å². The topological polar surface area (TPSA) is 87.2 Å². The average molecular weight is 415 g/mol. The highest BCUT2D eigenvalue weighted by molar-refractivity contribution is 6.05. The Kier molecular flexibility index (Phi) is 5.93. The lowest BCUT2D eigenvalue weighted by molar-refractivity contribution is 0.101. The van der Waals surface area contributed by atoms with Crippen LogP contribution < -0.4 is 15.5 Å². The van der Waals surface area contributed by atoms with Gasteiger partial charge in [-0.15, -0.1) is 0 Å². The first-order chi connectivity index (χ1) is 15.0. The lowest BCUT2D eigenvalue weighted by atomic mass is 10.1. The molecule has 1 saturated heterocycles. The SMILES string of the molecule is CC(=O)c1ccc(C(=O)Nc2ccc(Nc3cc(N4CCCC4)nc(C)n3)cc2)cc1. The fourth-order valence-corrected chi connectivity index (χ4v) is 3.57. The van der Waals surface area contributed by atoms with Crippen LogP contribution in [-0.4, -0.2) is 34.7 Å². The number of aromatic nitrogens is 2. The van der Waals surface area contributed by atoms with Crippen LogP contribution in [0, 0.1) is 6.92 Å². The van der Waals surface area contributed by atoms with Crippen molar-refractivity contribution in [2.75, 3.05) is 28.6 Å². The molecule has 7 heteroatoms. The van der Waals surface area contributed by atoms with Crippen molar-refractivity contribution in [1.82, 2.24) is 9.97 Å². The van der Waals surface area contributed by atoms with Crippen LogP contribution in [0.3, 0.4) is 0 Å². The van der Waals surface area contributed by atoms with E-state index < -0.39 is 0 Å². The standard InChI is InChI=1S/C24H25N5O2/c1-16(30)18-5-7-19(8-6-18)24(31)28-21-11-9-20(10-12-21)27-22-15-23(26-17(2)25-22)29-13-3-4-14-29/h5-12,15H,3-4,13-14H2,1-2H3,(H,28,31)(H,25,26,27). The molecular formula is C24H25N5O2. The van der Waals surface area contributed by atoms with E-state index in [0.29, 0.717) is 16.8 Å². The molecule has 1 aromatic heterocycles. The number of aryl methyl sites for hydroxylation is 1. The van der Waals surface area contributed by atoms with E-state index in [1.807, 2.05) is 37.3 Å². The van der Waals surface area contributed by atoms with E-state index in [2.05, 4.69) is 25.5 Å². The minimum absolute atomic E-state index is 0.0264. The van der Waals surface area contributed by atoms with E-state index >= 15 is 0 Å². The van der Waals surface area contributed by atoms with Crippen LogP contribution in [0.5, 0.6) is 0 Å². The molecule has 1 fully saturated rings. The third kappa shape index (κ3) is 5.06. The van der Waals surface area contributed by atoms with Crippen molar-refractivity contribution in [2.24, 2.45) is 0 Å². The lowest BCUT2D eigenvalue weighted by Gasteiger charge is -2.18. The smallest absolute Gasteiger partial charge is 0.255 e. The summed E-state index contributed by atoms with van der Waals surface area (Å²) in [4.78, 5) is 35.1. The van der Waals surface area contributed by atoms with Gasteiger partial charge in [-0.1, -0.05) is 12.1 Å². The number of Topliss-reactive ketones (excluding diaryl/α,β-unsaturated/α-hetero) is 1. The van der Waals surface area contributed by atoms with Gasteiger partial charge in [0, 0.05) is 41.7 Å². The Labute approximate surface area is 181 Å². The summed E-state index contributed by atoms with van der Waals surface area (Å²) in [6.07, 6.45) is 2.39. The second-order valence-electron chi connectivity index (χ2n) is 7.64. The molecule has 2 aromatic carbocycles. The van der Waals surface area contributed by atoms with Gasteiger partial charge in [-0.3, -0.25) is 9.59 Å². The third-order valence-electron chi connectivity index (χ3n) is 5.22. The van der Waals surface area contributed by atoms with Crippen molar-refractivity contribution in [1.29, 1.82) is 0 Å². The number of carbonyl (C=O) groups excluding carboxylic acids is 2. The van der Waals surface area contributed by atoms with Gasteiger partial charge in [0.05, 0.1) is 0 Å². The van der Waals surface area contributed by atoms with E-state index in [-0.39, 0.29) is 11.7 Å². The molecule has 0 aliphatic carbocycles. The number of nitrogens with one attached hydrogen (secondary N) is 2. The third-order valence-corrected chi connectivity index (χ3v) is 5.22. The quantitative estimate of drug-likeness (QED) is 0.573. The number of amides is 1. The number of anilines is 4. The number of benzene rings is 2. The zero-order valence-corrected chi connectivity index (χ0v) is 17.7. The van der Waals surface area contributed by atoms with Gasteiger partial charge >= 0.3 is 0 Å². The summed E-state index contributed by atoms with van der Waals surface area (Å²) in [6.45, 7) is 5.45. The fraction of sp³-hybridized carbons (Fsp3) is 0.250. The molecular weight excluding hydrogens is 390 g/mol. The molecule has 0 spiro atoms. The van der Waals surface area contributed by atoms with Gasteiger partial charge in [0.15, 0.2) is 5.78 Å². The lowest BCUT2D eigenvalue weighted by Crippen LogP contribution is -2.19. The number of nitrogens with zero attached hydrogens (tertiary/aromatic N) is 3. The van der Waals surface area contributed by atoms with E-state index in [0.717, 1.165) is 36.2 Å². The first-order valence-corrected chi connectivity index (χ1v) is 10.4. The highest BCUT2D eigenvalue weighted by Crippen LogP contribution is 2.23. The molecule has 4 rings (SSSR count). The molecule has 0 unspecified atom stereocenters. The van der Waals surface area contributed by atoms with Crippen LogP contribution in [0.4, 0.5) is 23.0 Å². The molecule has 0 bridgehead atoms. The summed E-state index contributed by atoms with van der Waals surface area (Å²) < 4.78 is 0. The van der Waals surface area contributed by atoms with Crippen molar-refractivity contribution in [2.45, 2.75) is 26.7 Å². The predicted octanol–water partition coefficient (Wildman–Crippen LogP) is 4.58. The van der Waals surface area contributed by atoms with Crippen LogP contribution in [0.25, 0.3) is 0 Å². The van der Waals surface area contributed by atoms with Crippen molar-refractivity contribution >= 4 is 34.7 Å². The Morgan fingerprint density at radius 1 is 0.871 bits per heavy atom. The molecule has 1 aliphatic heterocycles. The summed E-state index contributed by atoms with van der Waals surface area (Å²) in [7, 11) is 0. The van der Waals surface area contributed by atoms with Crippen LogP contribution >= 0.6 is 0 Å². The molecule has 31 heavy (non-hydrogen) atoms. The Bertz CT molecular complexity index is 1090. The largest absolute Gasteiger partial charge is 0.356 e. The highest BCUT2D eigenvalue weighted by atomic mass is 16.1. The molecule has 2 N–H and O–H groups in total. The fourth-order valence-electron chi connectivity index (χ4n) is 3.57. The maximum Gasteiger partial charge on any atom is 0.255 e. The zero-order chi connectivity index (χ0) is 21.8. The molecule has 0 radical (unpaired) electrons. The maximum absolute atomic E-state index is 12.4. The minimum atomic E-state index is -0.225. The second kappa shape index (κ2) is 8.95.